The molecule has 0 fully saturated rings. The minimum atomic E-state index is -1.16. The summed E-state index contributed by atoms with van der Waals surface area (Å²) in [6, 6.07) is 18.3. The van der Waals surface area contributed by atoms with E-state index < -0.39 is 54.7 Å². The highest BCUT2D eigenvalue weighted by Crippen LogP contribution is 2.20. The highest BCUT2D eigenvalue weighted by atomic mass is 16.6. The molecule has 0 spiro atoms. The van der Waals surface area contributed by atoms with Gasteiger partial charge >= 0.3 is 23.9 Å². The van der Waals surface area contributed by atoms with E-state index in [1.54, 1.807) is 27.7 Å². The summed E-state index contributed by atoms with van der Waals surface area (Å²) in [6.45, 7) is 10.3. The number of hydrogen-bond donors (Lipinski definition) is 0. The zero-order chi connectivity index (χ0) is 27.4. The molecule has 0 aromatic heterocycles. The molecule has 0 aliphatic rings. The number of hydrogen-bond acceptors (Lipinski definition) is 8. The van der Waals surface area contributed by atoms with Gasteiger partial charge in [-0.2, -0.15) is 0 Å². The lowest BCUT2D eigenvalue weighted by atomic mass is 10.1. The number of carbonyl (C=O) groups is 4. The van der Waals surface area contributed by atoms with Crippen molar-refractivity contribution in [1.29, 1.82) is 0 Å². The van der Waals surface area contributed by atoms with Gasteiger partial charge in [0.1, 0.15) is 12.2 Å². The Morgan fingerprint density at radius 2 is 1.08 bits per heavy atom. The zero-order valence-corrected chi connectivity index (χ0v) is 21.7. The van der Waals surface area contributed by atoms with E-state index in [2.05, 4.69) is 6.58 Å². The molecule has 0 saturated carbocycles. The van der Waals surface area contributed by atoms with Crippen LogP contribution in [0.15, 0.2) is 72.8 Å². The number of ether oxygens (including phenoxy) is 4. The summed E-state index contributed by atoms with van der Waals surface area (Å²) in [7, 11) is 0. The maximum atomic E-state index is 12.5. The van der Waals surface area contributed by atoms with Crippen molar-refractivity contribution in [2.75, 3.05) is 0 Å². The molecule has 0 aliphatic carbocycles. The third-order valence-corrected chi connectivity index (χ3v) is 5.56. The van der Waals surface area contributed by atoms with Gasteiger partial charge < -0.3 is 18.9 Å². The highest BCUT2D eigenvalue weighted by Gasteiger charge is 2.29. The van der Waals surface area contributed by atoms with Crippen molar-refractivity contribution in [3.8, 4) is 0 Å². The van der Waals surface area contributed by atoms with Crippen LogP contribution in [-0.2, 0) is 38.1 Å². The van der Waals surface area contributed by atoms with Crippen LogP contribution in [0.1, 0.15) is 70.3 Å². The number of benzene rings is 2. The summed E-state index contributed by atoms with van der Waals surface area (Å²) in [5.41, 5.74) is 1.38. The molecule has 4 atom stereocenters. The van der Waals surface area contributed by atoms with Crippen LogP contribution in [0.4, 0.5) is 0 Å². The zero-order valence-electron chi connectivity index (χ0n) is 21.7. The Bertz CT molecular complexity index is 1060. The number of esters is 4. The fourth-order valence-corrected chi connectivity index (χ4v) is 3.34. The third-order valence-electron chi connectivity index (χ3n) is 5.56. The molecular formula is C29H34O8. The van der Waals surface area contributed by atoms with Gasteiger partial charge in [-0.25, -0.2) is 14.4 Å². The van der Waals surface area contributed by atoms with Crippen LogP contribution >= 0.6 is 0 Å². The molecule has 8 nitrogen and oxygen atoms in total. The minimum Gasteiger partial charge on any atom is -0.455 e. The lowest BCUT2D eigenvalue weighted by molar-refractivity contribution is -0.172. The molecule has 2 aromatic rings. The van der Waals surface area contributed by atoms with Crippen molar-refractivity contribution in [2.24, 2.45) is 0 Å². The van der Waals surface area contributed by atoms with E-state index in [1.165, 1.54) is 0 Å². The highest BCUT2D eigenvalue weighted by molar-refractivity contribution is 5.95. The summed E-state index contributed by atoms with van der Waals surface area (Å²) in [5, 5.41) is 0. The average Bonchev–Trinajstić information content (AvgIpc) is 2.90. The molecule has 0 bridgehead atoms. The van der Waals surface area contributed by atoms with Crippen LogP contribution in [0.25, 0.3) is 0 Å². The third kappa shape index (κ3) is 9.22. The van der Waals surface area contributed by atoms with Crippen molar-refractivity contribution < 1.29 is 38.1 Å². The quantitative estimate of drug-likeness (QED) is 0.206. The van der Waals surface area contributed by atoms with Gasteiger partial charge in [0.2, 0.25) is 0 Å². The summed E-state index contributed by atoms with van der Waals surface area (Å²) < 4.78 is 21.3. The predicted octanol–water partition coefficient (Wildman–Crippen LogP) is 5.19. The first-order valence-electron chi connectivity index (χ1n) is 12.2. The Kier molecular flexibility index (Phi) is 11.5. The molecule has 0 saturated heterocycles. The van der Waals surface area contributed by atoms with E-state index in [9.17, 15) is 19.2 Å². The van der Waals surface area contributed by atoms with E-state index in [0.717, 1.165) is 11.1 Å². The van der Waals surface area contributed by atoms with Crippen molar-refractivity contribution >= 4 is 23.9 Å². The van der Waals surface area contributed by atoms with E-state index in [4.69, 9.17) is 18.9 Å². The first kappa shape index (κ1) is 29.3. The first-order valence-corrected chi connectivity index (χ1v) is 12.2. The molecule has 0 heterocycles. The van der Waals surface area contributed by atoms with Gasteiger partial charge in [0.15, 0.2) is 12.2 Å². The minimum absolute atomic E-state index is 0.174. The van der Waals surface area contributed by atoms with Gasteiger partial charge in [0.25, 0.3) is 0 Å². The summed E-state index contributed by atoms with van der Waals surface area (Å²) in [4.78, 5) is 49.9. The van der Waals surface area contributed by atoms with Crippen LogP contribution < -0.4 is 0 Å². The molecule has 0 amide bonds. The molecule has 2 rings (SSSR count). The summed E-state index contributed by atoms with van der Waals surface area (Å²) in [5.74, 6) is -3.17. The Balaban J connectivity index is 1.86. The molecule has 2 aromatic carbocycles. The average molecular weight is 511 g/mol. The van der Waals surface area contributed by atoms with Crippen LogP contribution in [0.3, 0.4) is 0 Å². The van der Waals surface area contributed by atoms with Gasteiger partial charge in [-0.1, -0.05) is 81.1 Å². The Hall–Kier alpha value is -3.94. The lowest BCUT2D eigenvalue weighted by Crippen LogP contribution is -2.31. The van der Waals surface area contributed by atoms with Crippen LogP contribution in [-0.4, -0.2) is 36.1 Å². The van der Waals surface area contributed by atoms with Gasteiger partial charge in [0.05, 0.1) is 6.42 Å². The second kappa shape index (κ2) is 14.6. The van der Waals surface area contributed by atoms with Crippen molar-refractivity contribution in [3.05, 3.63) is 83.9 Å². The van der Waals surface area contributed by atoms with Crippen molar-refractivity contribution in [3.63, 3.8) is 0 Å². The topological polar surface area (TPSA) is 105 Å². The largest absolute Gasteiger partial charge is 0.455 e. The second-order valence-electron chi connectivity index (χ2n) is 8.45. The van der Waals surface area contributed by atoms with Crippen molar-refractivity contribution in [1.82, 2.24) is 0 Å². The second-order valence-corrected chi connectivity index (χ2v) is 8.45. The molecule has 0 N–H and O–H groups in total. The van der Waals surface area contributed by atoms with Gasteiger partial charge in [-0.05, 0) is 37.8 Å². The molecule has 0 radical (unpaired) electrons. The van der Waals surface area contributed by atoms with Crippen LogP contribution in [0.5, 0.6) is 0 Å². The molecule has 37 heavy (non-hydrogen) atoms. The smallest absolute Gasteiger partial charge is 0.348 e. The van der Waals surface area contributed by atoms with Crippen LogP contribution in [0, 0.1) is 0 Å². The summed E-state index contributed by atoms with van der Waals surface area (Å²) >= 11 is 0. The maximum absolute atomic E-state index is 12.5. The Morgan fingerprint density at radius 3 is 1.49 bits per heavy atom. The normalized spacial score (nSPS) is 13.8. The lowest BCUT2D eigenvalue weighted by Gasteiger charge is -2.20. The van der Waals surface area contributed by atoms with Crippen molar-refractivity contribution in [2.45, 2.75) is 71.4 Å². The molecule has 8 heteroatoms. The Morgan fingerprint density at radius 1 is 0.676 bits per heavy atom. The standard InChI is InChI=1S/C29H34O8/c1-6-24(28(32)34-20(4)22-14-10-8-11-15-22)36-26(30)18-19(3)27(31)37-25(7-2)29(33)35-21(5)23-16-12-9-13-17-23/h8-17,20-21,24-25H,3,6-7,18H2,1-2,4-5H3. The van der Waals surface area contributed by atoms with Crippen LogP contribution in [0.2, 0.25) is 0 Å². The molecule has 198 valence electrons. The van der Waals surface area contributed by atoms with E-state index >= 15 is 0 Å². The molecular weight excluding hydrogens is 476 g/mol. The molecule has 4 unspecified atom stereocenters. The monoisotopic (exact) mass is 510 g/mol. The first-order chi connectivity index (χ1) is 17.7. The van der Waals surface area contributed by atoms with E-state index in [1.807, 2.05) is 60.7 Å². The molecule has 0 aliphatic heterocycles. The van der Waals surface area contributed by atoms with Gasteiger partial charge in [-0.3, -0.25) is 4.79 Å². The fraction of sp³-hybridized carbons (Fsp3) is 0.379. The fourth-order valence-electron chi connectivity index (χ4n) is 3.34. The summed E-state index contributed by atoms with van der Waals surface area (Å²) in [6.07, 6.45) is -3.51. The Labute approximate surface area is 217 Å². The number of rotatable bonds is 13. The SMILES string of the molecule is C=C(CC(=O)OC(CC)C(=O)OC(C)c1ccccc1)C(=O)OC(CC)C(=O)OC(C)c1ccccc1. The van der Waals surface area contributed by atoms with Gasteiger partial charge in [0, 0.05) is 5.57 Å². The maximum Gasteiger partial charge on any atom is 0.348 e. The van der Waals surface area contributed by atoms with E-state index in [0.29, 0.717) is 0 Å². The number of carbonyl (C=O) groups excluding carboxylic acids is 4. The predicted molar refractivity (Wildman–Crippen MR) is 136 cm³/mol. The van der Waals surface area contributed by atoms with Gasteiger partial charge in [-0.15, -0.1) is 0 Å². The van der Waals surface area contributed by atoms with E-state index in [-0.39, 0.29) is 18.4 Å².